The van der Waals surface area contributed by atoms with Gasteiger partial charge in [-0.2, -0.15) is 0 Å². The summed E-state index contributed by atoms with van der Waals surface area (Å²) < 4.78 is 27.6. The third kappa shape index (κ3) is 12.1. The number of benzene rings is 2. The summed E-state index contributed by atoms with van der Waals surface area (Å²) in [5.74, 6) is -5.36. The number of carboxylic acids is 4. The van der Waals surface area contributed by atoms with Crippen LogP contribution in [0.3, 0.4) is 0 Å². The number of hydrogen-bond donors (Lipinski definition) is 5. The first-order valence-electron chi connectivity index (χ1n) is 15.2. The molecule has 0 bridgehead atoms. The van der Waals surface area contributed by atoms with Crippen molar-refractivity contribution in [3.05, 3.63) is 95.1 Å². The van der Waals surface area contributed by atoms with Gasteiger partial charge in [0.1, 0.15) is 11.6 Å². The molecule has 2 atom stereocenters. The van der Waals surface area contributed by atoms with E-state index in [9.17, 15) is 28.0 Å². The van der Waals surface area contributed by atoms with Crippen LogP contribution in [0.25, 0.3) is 0 Å². The van der Waals surface area contributed by atoms with Gasteiger partial charge in [-0.15, -0.1) is 0 Å². The zero-order valence-electron chi connectivity index (χ0n) is 26.0. The number of nitrogens with one attached hydrogen (secondary N) is 1. The molecule has 2 aromatic carbocycles. The minimum atomic E-state index is -1.26. The molecule has 1 aliphatic carbocycles. The Labute approximate surface area is 281 Å². The number of carboxylic acid groups (broad SMARTS) is 4. The fourth-order valence-electron chi connectivity index (χ4n) is 5.72. The number of fused-ring (bicyclic) bond motifs is 1. The lowest BCUT2D eigenvalue weighted by Gasteiger charge is -2.39. The molecule has 2 aliphatic heterocycles. The lowest BCUT2D eigenvalue weighted by atomic mass is 9.93. The molecule has 5 rings (SSSR count). The summed E-state index contributed by atoms with van der Waals surface area (Å²) in [5, 5.41) is 35.4. The van der Waals surface area contributed by atoms with Gasteiger partial charge in [0.15, 0.2) is 5.11 Å². The van der Waals surface area contributed by atoms with Crippen molar-refractivity contribution in [2.45, 2.75) is 24.8 Å². The number of hydrogen-bond acceptors (Lipinski definition) is 7. The fraction of sp³-hybridized carbons (Fsp3) is 0.364. The maximum absolute atomic E-state index is 14.1. The van der Waals surface area contributed by atoms with Crippen molar-refractivity contribution in [3.63, 3.8) is 0 Å². The van der Waals surface area contributed by atoms with Gasteiger partial charge < -0.3 is 30.6 Å². The molecule has 5 N–H and O–H groups in total. The number of nitrogens with zero attached hydrogens (tertiary/aromatic N) is 3. The summed E-state index contributed by atoms with van der Waals surface area (Å²) in [6, 6.07) is 12.2. The van der Waals surface area contributed by atoms with Gasteiger partial charge in [-0.1, -0.05) is 18.2 Å². The van der Waals surface area contributed by atoms with Crippen molar-refractivity contribution < 1.29 is 48.4 Å². The maximum atomic E-state index is 14.1. The highest BCUT2D eigenvalue weighted by molar-refractivity contribution is 7.80. The molecular weight excluding hydrogens is 650 g/mol. The Balaban J connectivity index is 0.000000325. The maximum Gasteiger partial charge on any atom is 0.328 e. The SMILES string of the molecule is Fc1ccc([C@H]2C[C@H](N3CCN(CCN4CCCNC4=S)CC3)c3ccc(F)cc32)cc1.O=C(O)/C=C\C(=O)O.O=C(O)/C=C\C(=O)O. The molecule has 0 radical (unpaired) electrons. The largest absolute Gasteiger partial charge is 0.478 e. The summed E-state index contributed by atoms with van der Waals surface area (Å²) in [6.45, 7) is 8.10. The zero-order chi connectivity index (χ0) is 35.2. The van der Waals surface area contributed by atoms with Crippen LogP contribution in [-0.4, -0.2) is 116 Å². The van der Waals surface area contributed by atoms with Crippen molar-refractivity contribution in [3.8, 4) is 0 Å². The van der Waals surface area contributed by atoms with Crippen LogP contribution in [0.5, 0.6) is 0 Å². The van der Waals surface area contributed by atoms with E-state index in [-0.39, 0.29) is 23.6 Å². The van der Waals surface area contributed by atoms with Crippen LogP contribution < -0.4 is 5.32 Å². The standard InChI is InChI=1S/C25H30F2N4S.2C4H4O4/c26-19-4-2-18(3-5-19)22-17-24(21-7-6-20(27)16-23(21)22)30-13-10-29(11-14-30)12-15-31-9-1-8-28-25(31)32;2*5-3(6)1-2-4(7)8/h2-7,16,22,24H,1,8-15,17H2,(H,28,32);2*1-2H,(H,5,6)(H,7,8)/b;2*2-1-/t22-,24+;;/m1../s1. The van der Waals surface area contributed by atoms with E-state index in [1.165, 1.54) is 17.7 Å². The molecule has 0 amide bonds. The first-order chi connectivity index (χ1) is 22.8. The van der Waals surface area contributed by atoms with Crippen LogP contribution in [0.15, 0.2) is 66.8 Å². The Morgan fingerprint density at radius 1 is 0.750 bits per heavy atom. The van der Waals surface area contributed by atoms with E-state index < -0.39 is 23.9 Å². The van der Waals surface area contributed by atoms with E-state index in [4.69, 9.17) is 32.6 Å². The van der Waals surface area contributed by atoms with Gasteiger partial charge in [-0.05, 0) is 66.0 Å². The van der Waals surface area contributed by atoms with E-state index in [1.54, 1.807) is 12.1 Å². The van der Waals surface area contributed by atoms with Gasteiger partial charge in [0, 0.05) is 88.6 Å². The van der Waals surface area contributed by atoms with Crippen LogP contribution in [0.1, 0.15) is 41.5 Å². The van der Waals surface area contributed by atoms with Gasteiger partial charge in [-0.3, -0.25) is 9.80 Å². The minimum Gasteiger partial charge on any atom is -0.478 e. The third-order valence-corrected chi connectivity index (χ3v) is 8.36. The third-order valence-electron chi connectivity index (χ3n) is 7.95. The Morgan fingerprint density at radius 3 is 1.81 bits per heavy atom. The molecular formula is C33H38F2N4O8S. The first-order valence-corrected chi connectivity index (χ1v) is 15.6. The van der Waals surface area contributed by atoms with Gasteiger partial charge in [0.05, 0.1) is 0 Å². The summed E-state index contributed by atoms with van der Waals surface area (Å²) in [4.78, 5) is 45.6. The average molecular weight is 689 g/mol. The summed E-state index contributed by atoms with van der Waals surface area (Å²) in [7, 11) is 0. The summed E-state index contributed by atoms with van der Waals surface area (Å²) in [6.07, 6.45) is 4.29. The average Bonchev–Trinajstić information content (AvgIpc) is 3.42. The number of thiocarbonyl (C=S) groups is 1. The number of halogens is 2. The van der Waals surface area contributed by atoms with Gasteiger partial charge in [-0.25, -0.2) is 28.0 Å². The quantitative estimate of drug-likeness (QED) is 0.193. The van der Waals surface area contributed by atoms with Gasteiger partial charge >= 0.3 is 23.9 Å². The summed E-state index contributed by atoms with van der Waals surface area (Å²) in [5.41, 5.74) is 3.33. The Bertz CT molecular complexity index is 1450. The van der Waals surface area contributed by atoms with Crippen molar-refractivity contribution in [2.24, 2.45) is 0 Å². The number of carbonyl (C=O) groups is 4. The Morgan fingerprint density at radius 2 is 1.29 bits per heavy atom. The molecule has 2 fully saturated rings. The molecule has 0 spiro atoms. The number of aliphatic carboxylic acids is 4. The van der Waals surface area contributed by atoms with Crippen LogP contribution in [-0.2, 0) is 19.2 Å². The molecule has 12 nitrogen and oxygen atoms in total. The van der Waals surface area contributed by atoms with Crippen molar-refractivity contribution in [2.75, 3.05) is 52.4 Å². The highest BCUT2D eigenvalue weighted by Gasteiger charge is 2.36. The topological polar surface area (TPSA) is 171 Å². The molecule has 48 heavy (non-hydrogen) atoms. The smallest absolute Gasteiger partial charge is 0.328 e. The van der Waals surface area contributed by atoms with Crippen LogP contribution in [0.4, 0.5) is 8.78 Å². The first kappa shape index (κ1) is 37.7. The van der Waals surface area contributed by atoms with Crippen molar-refractivity contribution in [1.29, 1.82) is 0 Å². The van der Waals surface area contributed by atoms with Crippen molar-refractivity contribution >= 4 is 41.2 Å². The van der Waals surface area contributed by atoms with Crippen LogP contribution >= 0.6 is 12.2 Å². The van der Waals surface area contributed by atoms with E-state index in [1.807, 2.05) is 18.2 Å². The molecule has 0 aromatic heterocycles. The molecule has 0 saturated carbocycles. The Hall–Kier alpha value is -4.73. The molecule has 2 saturated heterocycles. The number of rotatable bonds is 9. The predicted molar refractivity (Wildman–Crippen MR) is 176 cm³/mol. The molecule has 2 aromatic rings. The lowest BCUT2D eigenvalue weighted by Crippen LogP contribution is -2.52. The number of piperazine rings is 1. The van der Waals surface area contributed by atoms with E-state index in [0.29, 0.717) is 24.3 Å². The minimum absolute atomic E-state index is 0.108. The molecule has 0 unspecified atom stereocenters. The Kier molecular flexibility index (Phi) is 14.6. The van der Waals surface area contributed by atoms with Crippen LogP contribution in [0, 0.1) is 11.6 Å². The van der Waals surface area contributed by atoms with E-state index in [2.05, 4.69) is 20.0 Å². The molecule has 258 valence electrons. The van der Waals surface area contributed by atoms with E-state index >= 15 is 0 Å². The second kappa shape index (κ2) is 18.6. The van der Waals surface area contributed by atoms with Crippen LogP contribution in [0.2, 0.25) is 0 Å². The lowest BCUT2D eigenvalue weighted by molar-refractivity contribution is -0.134. The van der Waals surface area contributed by atoms with Gasteiger partial charge in [0.25, 0.3) is 0 Å². The predicted octanol–water partition coefficient (Wildman–Crippen LogP) is 3.16. The second-order valence-corrected chi connectivity index (χ2v) is 11.5. The fourth-order valence-corrected chi connectivity index (χ4v) is 6.01. The molecule has 15 heteroatoms. The highest BCUT2D eigenvalue weighted by atomic mass is 32.1. The normalized spacial score (nSPS) is 19.5. The molecule has 3 aliphatic rings. The van der Waals surface area contributed by atoms with Gasteiger partial charge in [0.2, 0.25) is 0 Å². The molecule has 2 heterocycles. The zero-order valence-corrected chi connectivity index (χ0v) is 26.8. The van der Waals surface area contributed by atoms with E-state index in [0.717, 1.165) is 81.4 Å². The summed E-state index contributed by atoms with van der Waals surface area (Å²) >= 11 is 5.43. The monoisotopic (exact) mass is 688 g/mol. The van der Waals surface area contributed by atoms with Crippen molar-refractivity contribution in [1.82, 2.24) is 20.0 Å². The highest BCUT2D eigenvalue weighted by Crippen LogP contribution is 2.47. The second-order valence-electron chi connectivity index (χ2n) is 11.1.